The lowest BCUT2D eigenvalue weighted by atomic mass is 10.0. The van der Waals surface area contributed by atoms with Crippen molar-refractivity contribution in [1.29, 1.82) is 0 Å². The molecular weight excluding hydrogens is 320 g/mol. The standard InChI is InChI=1S/C19H20N2O2S/c1-12-6-7-13(2)18-16(12)9-14(3)19(21-18)24-11-17(22)20-10-15-5-4-8-23-15/h4-9H,10-11H2,1-3H3,(H,20,22). The lowest BCUT2D eigenvalue weighted by molar-refractivity contribution is -0.118. The average molecular weight is 340 g/mol. The van der Waals surface area contributed by atoms with E-state index in [1.807, 2.05) is 19.1 Å². The summed E-state index contributed by atoms with van der Waals surface area (Å²) in [5.74, 6) is 1.06. The Hall–Kier alpha value is -2.27. The van der Waals surface area contributed by atoms with Crippen molar-refractivity contribution in [3.63, 3.8) is 0 Å². The van der Waals surface area contributed by atoms with Crippen LogP contribution in [0, 0.1) is 20.8 Å². The number of thioether (sulfide) groups is 1. The monoisotopic (exact) mass is 340 g/mol. The largest absolute Gasteiger partial charge is 0.467 e. The molecule has 0 radical (unpaired) electrons. The highest BCUT2D eigenvalue weighted by molar-refractivity contribution is 7.99. The first-order valence-corrected chi connectivity index (χ1v) is 8.82. The molecule has 0 aliphatic rings. The number of furan rings is 1. The number of fused-ring (bicyclic) bond motifs is 1. The van der Waals surface area contributed by atoms with Gasteiger partial charge in [0.25, 0.3) is 0 Å². The molecule has 0 aliphatic carbocycles. The van der Waals surface area contributed by atoms with Gasteiger partial charge >= 0.3 is 0 Å². The molecule has 24 heavy (non-hydrogen) atoms. The number of carbonyl (C=O) groups is 1. The summed E-state index contributed by atoms with van der Waals surface area (Å²) < 4.78 is 5.20. The van der Waals surface area contributed by atoms with Gasteiger partial charge in [-0.05, 0) is 55.7 Å². The summed E-state index contributed by atoms with van der Waals surface area (Å²) in [5, 5.41) is 4.94. The van der Waals surface area contributed by atoms with Crippen LogP contribution >= 0.6 is 11.8 Å². The minimum absolute atomic E-state index is 0.0290. The third-order valence-electron chi connectivity index (χ3n) is 3.93. The molecule has 4 nitrogen and oxygen atoms in total. The number of benzene rings is 1. The van der Waals surface area contributed by atoms with Crippen LogP contribution in [-0.2, 0) is 11.3 Å². The minimum Gasteiger partial charge on any atom is -0.467 e. The Morgan fingerprint density at radius 3 is 2.71 bits per heavy atom. The maximum atomic E-state index is 12.0. The van der Waals surface area contributed by atoms with Crippen LogP contribution < -0.4 is 5.32 Å². The van der Waals surface area contributed by atoms with E-state index in [4.69, 9.17) is 9.40 Å². The quantitative estimate of drug-likeness (QED) is 0.709. The van der Waals surface area contributed by atoms with Crippen molar-refractivity contribution >= 4 is 28.6 Å². The van der Waals surface area contributed by atoms with E-state index in [-0.39, 0.29) is 5.91 Å². The van der Waals surface area contributed by atoms with E-state index >= 15 is 0 Å². The van der Waals surface area contributed by atoms with Crippen molar-refractivity contribution < 1.29 is 9.21 Å². The summed E-state index contributed by atoms with van der Waals surface area (Å²) >= 11 is 1.47. The minimum atomic E-state index is -0.0290. The number of nitrogens with zero attached hydrogens (tertiary/aromatic N) is 1. The molecule has 0 bridgehead atoms. The van der Waals surface area contributed by atoms with Crippen molar-refractivity contribution in [2.24, 2.45) is 0 Å². The van der Waals surface area contributed by atoms with Crippen molar-refractivity contribution in [2.75, 3.05) is 5.75 Å². The van der Waals surface area contributed by atoms with Crippen molar-refractivity contribution in [3.8, 4) is 0 Å². The highest BCUT2D eigenvalue weighted by atomic mass is 32.2. The molecule has 0 atom stereocenters. The zero-order chi connectivity index (χ0) is 17.1. The second-order valence-electron chi connectivity index (χ2n) is 5.85. The Labute approximate surface area is 145 Å². The van der Waals surface area contributed by atoms with Gasteiger partial charge in [-0.25, -0.2) is 4.98 Å². The molecule has 2 aromatic heterocycles. The second kappa shape index (κ2) is 7.09. The van der Waals surface area contributed by atoms with Gasteiger partial charge in [0.2, 0.25) is 5.91 Å². The average Bonchev–Trinajstić information content (AvgIpc) is 3.08. The summed E-state index contributed by atoms with van der Waals surface area (Å²) in [5.41, 5.74) is 4.48. The van der Waals surface area contributed by atoms with E-state index < -0.39 is 0 Å². The number of rotatable bonds is 5. The highest BCUT2D eigenvalue weighted by Gasteiger charge is 2.10. The van der Waals surface area contributed by atoms with Crippen LogP contribution in [0.4, 0.5) is 0 Å². The van der Waals surface area contributed by atoms with Gasteiger partial charge in [-0.2, -0.15) is 0 Å². The fraction of sp³-hybridized carbons (Fsp3) is 0.263. The lowest BCUT2D eigenvalue weighted by Crippen LogP contribution is -2.24. The van der Waals surface area contributed by atoms with Crippen LogP contribution in [0.3, 0.4) is 0 Å². The molecule has 0 saturated heterocycles. The number of pyridine rings is 1. The zero-order valence-electron chi connectivity index (χ0n) is 14.1. The molecule has 0 fully saturated rings. The molecule has 3 aromatic rings. The highest BCUT2D eigenvalue weighted by Crippen LogP contribution is 2.27. The Balaban J connectivity index is 1.69. The fourth-order valence-corrected chi connectivity index (χ4v) is 3.36. The van der Waals surface area contributed by atoms with Crippen LogP contribution in [-0.4, -0.2) is 16.6 Å². The number of amides is 1. The number of aromatic nitrogens is 1. The van der Waals surface area contributed by atoms with E-state index in [0.29, 0.717) is 12.3 Å². The van der Waals surface area contributed by atoms with Crippen molar-refractivity contribution in [3.05, 3.63) is 59.0 Å². The van der Waals surface area contributed by atoms with Crippen LogP contribution in [0.25, 0.3) is 10.9 Å². The van der Waals surface area contributed by atoms with Crippen molar-refractivity contribution in [2.45, 2.75) is 32.3 Å². The Morgan fingerprint density at radius 1 is 1.17 bits per heavy atom. The second-order valence-corrected chi connectivity index (χ2v) is 6.81. The molecule has 1 aromatic carbocycles. The number of nitrogens with one attached hydrogen (secondary N) is 1. The molecule has 2 heterocycles. The van der Waals surface area contributed by atoms with E-state index in [1.54, 1.807) is 6.26 Å². The number of hydrogen-bond acceptors (Lipinski definition) is 4. The van der Waals surface area contributed by atoms with E-state index in [9.17, 15) is 4.79 Å². The Morgan fingerprint density at radius 2 is 1.96 bits per heavy atom. The summed E-state index contributed by atoms with van der Waals surface area (Å²) in [6.45, 7) is 6.61. The summed E-state index contributed by atoms with van der Waals surface area (Å²) in [7, 11) is 0. The van der Waals surface area contributed by atoms with E-state index in [2.05, 4.69) is 37.4 Å². The maximum absolute atomic E-state index is 12.0. The molecule has 0 unspecified atom stereocenters. The molecule has 1 N–H and O–H groups in total. The number of hydrogen-bond donors (Lipinski definition) is 1. The van der Waals surface area contributed by atoms with Gasteiger partial charge < -0.3 is 9.73 Å². The van der Waals surface area contributed by atoms with Gasteiger partial charge in [0, 0.05) is 5.39 Å². The molecule has 3 rings (SSSR count). The predicted molar refractivity (Wildman–Crippen MR) is 97.2 cm³/mol. The smallest absolute Gasteiger partial charge is 0.230 e. The maximum Gasteiger partial charge on any atom is 0.230 e. The summed E-state index contributed by atoms with van der Waals surface area (Å²) in [4.78, 5) is 16.8. The zero-order valence-corrected chi connectivity index (χ0v) is 14.9. The summed E-state index contributed by atoms with van der Waals surface area (Å²) in [6.07, 6.45) is 1.60. The van der Waals surface area contributed by atoms with Gasteiger partial charge in [-0.3, -0.25) is 4.79 Å². The number of carbonyl (C=O) groups excluding carboxylic acids is 1. The topological polar surface area (TPSA) is 55.1 Å². The third-order valence-corrected chi connectivity index (χ3v) is 5.02. The first kappa shape index (κ1) is 16.6. The van der Waals surface area contributed by atoms with Gasteiger partial charge in [-0.15, -0.1) is 0 Å². The molecule has 124 valence electrons. The fourth-order valence-electron chi connectivity index (χ4n) is 2.55. The SMILES string of the molecule is Cc1cc2c(C)ccc(C)c2nc1SCC(=O)NCc1ccco1. The predicted octanol–water partition coefficient (Wildman–Crippen LogP) is 4.16. The molecule has 0 saturated carbocycles. The van der Waals surface area contributed by atoms with Gasteiger partial charge in [0.1, 0.15) is 10.8 Å². The van der Waals surface area contributed by atoms with Gasteiger partial charge in [0.15, 0.2) is 0 Å². The first-order chi connectivity index (χ1) is 11.5. The molecule has 0 spiro atoms. The Bertz CT molecular complexity index is 873. The molecular formula is C19H20N2O2S. The van der Waals surface area contributed by atoms with Crippen LogP contribution in [0.1, 0.15) is 22.5 Å². The Kier molecular flexibility index (Phi) is 4.90. The lowest BCUT2D eigenvalue weighted by Gasteiger charge is -2.10. The van der Waals surface area contributed by atoms with E-state index in [0.717, 1.165) is 27.4 Å². The third kappa shape index (κ3) is 3.62. The molecule has 0 aliphatic heterocycles. The van der Waals surface area contributed by atoms with Crippen molar-refractivity contribution in [1.82, 2.24) is 10.3 Å². The van der Waals surface area contributed by atoms with Crippen LogP contribution in [0.2, 0.25) is 0 Å². The van der Waals surface area contributed by atoms with Crippen LogP contribution in [0.15, 0.2) is 46.0 Å². The molecule has 5 heteroatoms. The van der Waals surface area contributed by atoms with Gasteiger partial charge in [-0.1, -0.05) is 23.9 Å². The van der Waals surface area contributed by atoms with Crippen LogP contribution in [0.5, 0.6) is 0 Å². The van der Waals surface area contributed by atoms with E-state index in [1.165, 1.54) is 22.7 Å². The first-order valence-electron chi connectivity index (χ1n) is 7.84. The van der Waals surface area contributed by atoms with Gasteiger partial charge in [0.05, 0.1) is 24.1 Å². The number of aryl methyl sites for hydroxylation is 3. The summed E-state index contributed by atoms with van der Waals surface area (Å²) in [6, 6.07) is 10.0. The normalized spacial score (nSPS) is 11.0. The molecule has 1 amide bonds.